The summed E-state index contributed by atoms with van der Waals surface area (Å²) in [5.41, 5.74) is 1.97. The molecule has 0 aliphatic carbocycles. The molecule has 0 fully saturated rings. The summed E-state index contributed by atoms with van der Waals surface area (Å²) in [6, 6.07) is 0.0485. The van der Waals surface area contributed by atoms with E-state index in [4.69, 9.17) is 4.74 Å². The average molecular weight is 376 g/mol. The van der Waals surface area contributed by atoms with E-state index in [1.807, 2.05) is 91.8 Å². The Hall–Kier alpha value is -2.29. The van der Waals surface area contributed by atoms with Gasteiger partial charge in [-0.05, 0) is 38.8 Å². The second-order valence-electron chi connectivity index (χ2n) is 5.19. The Morgan fingerprint density at radius 3 is 1.74 bits per heavy atom. The summed E-state index contributed by atoms with van der Waals surface area (Å²) in [5, 5.41) is 0. The molecule has 3 nitrogen and oxygen atoms in total. The fraction of sp³-hybridized carbons (Fsp3) is 0.458. The molecule has 154 valence electrons. The molecule has 0 aliphatic rings. The monoisotopic (exact) mass is 375 g/mol. The maximum Gasteiger partial charge on any atom is 0.410 e. The Bertz CT molecular complexity index is 508. The summed E-state index contributed by atoms with van der Waals surface area (Å²) in [6.07, 6.45) is 14.5. The Balaban J connectivity index is -0.00000134. The minimum absolute atomic E-state index is 0.0485. The largest absolute Gasteiger partial charge is 0.445 e. The maximum atomic E-state index is 12.4. The van der Waals surface area contributed by atoms with Crippen LogP contribution in [0.15, 0.2) is 72.9 Å². The summed E-state index contributed by atoms with van der Waals surface area (Å²) in [4.78, 5) is 14.1. The van der Waals surface area contributed by atoms with E-state index < -0.39 is 0 Å². The van der Waals surface area contributed by atoms with E-state index in [0.717, 1.165) is 11.1 Å². The quantitative estimate of drug-likeness (QED) is 0.397. The molecule has 0 atom stereocenters. The number of ether oxygens (including phenoxy) is 1. The van der Waals surface area contributed by atoms with Gasteiger partial charge in [-0.2, -0.15) is 0 Å². The van der Waals surface area contributed by atoms with Crippen molar-refractivity contribution in [1.29, 1.82) is 0 Å². The first-order valence-corrected chi connectivity index (χ1v) is 9.82. The van der Waals surface area contributed by atoms with Crippen molar-refractivity contribution in [3.8, 4) is 0 Å². The SMILES string of the molecule is C=C/C=C\C(=C/C)COC(=O)N(CC(/C=C\C=C)=C/C)C(C)C.CC.CC. The molecule has 27 heavy (non-hydrogen) atoms. The van der Waals surface area contributed by atoms with E-state index in [2.05, 4.69) is 13.2 Å². The van der Waals surface area contributed by atoms with E-state index >= 15 is 0 Å². The summed E-state index contributed by atoms with van der Waals surface area (Å²) >= 11 is 0. The number of hydrogen-bond acceptors (Lipinski definition) is 2. The topological polar surface area (TPSA) is 29.5 Å². The smallest absolute Gasteiger partial charge is 0.410 e. The van der Waals surface area contributed by atoms with Gasteiger partial charge in [0.05, 0.1) is 0 Å². The molecular formula is C24H41NO2. The van der Waals surface area contributed by atoms with Crippen LogP contribution in [0, 0.1) is 0 Å². The zero-order valence-corrected chi connectivity index (χ0v) is 18.8. The molecule has 0 saturated heterocycles. The van der Waals surface area contributed by atoms with Gasteiger partial charge < -0.3 is 9.64 Å². The van der Waals surface area contributed by atoms with Gasteiger partial charge in [0.2, 0.25) is 0 Å². The van der Waals surface area contributed by atoms with Gasteiger partial charge in [0.15, 0.2) is 0 Å². The van der Waals surface area contributed by atoms with Gasteiger partial charge >= 0.3 is 6.09 Å². The number of carbonyl (C=O) groups is 1. The normalized spacial score (nSPS) is 11.4. The number of nitrogens with zero attached hydrogens (tertiary/aromatic N) is 1. The average Bonchev–Trinajstić information content (AvgIpc) is 2.71. The molecule has 3 heteroatoms. The fourth-order valence-corrected chi connectivity index (χ4v) is 1.73. The molecule has 0 N–H and O–H groups in total. The Morgan fingerprint density at radius 2 is 1.37 bits per heavy atom. The second-order valence-corrected chi connectivity index (χ2v) is 5.19. The zero-order valence-electron chi connectivity index (χ0n) is 18.8. The highest BCUT2D eigenvalue weighted by molar-refractivity contribution is 5.68. The number of rotatable bonds is 9. The molecule has 0 unspecified atom stereocenters. The molecule has 0 saturated carbocycles. The van der Waals surface area contributed by atoms with Crippen molar-refractivity contribution in [1.82, 2.24) is 4.90 Å². The van der Waals surface area contributed by atoms with E-state index in [0.29, 0.717) is 6.54 Å². The number of carbonyl (C=O) groups excluding carboxylic acids is 1. The molecule has 0 bridgehead atoms. The van der Waals surface area contributed by atoms with Crippen LogP contribution >= 0.6 is 0 Å². The number of hydrogen-bond donors (Lipinski definition) is 0. The van der Waals surface area contributed by atoms with Crippen molar-refractivity contribution in [2.45, 2.75) is 61.4 Å². The first-order valence-electron chi connectivity index (χ1n) is 9.82. The van der Waals surface area contributed by atoms with Crippen molar-refractivity contribution in [3.05, 3.63) is 72.9 Å². The van der Waals surface area contributed by atoms with E-state index in [1.54, 1.807) is 17.1 Å². The molecule has 0 aromatic carbocycles. The molecule has 0 aliphatic heterocycles. The van der Waals surface area contributed by atoms with Crippen LogP contribution in [0.2, 0.25) is 0 Å². The predicted molar refractivity (Wildman–Crippen MR) is 122 cm³/mol. The van der Waals surface area contributed by atoms with Gasteiger partial charge in [0.1, 0.15) is 6.61 Å². The minimum atomic E-state index is -0.322. The lowest BCUT2D eigenvalue weighted by molar-refractivity contribution is 0.104. The van der Waals surface area contributed by atoms with Gasteiger partial charge in [-0.3, -0.25) is 0 Å². The summed E-state index contributed by atoms with van der Waals surface area (Å²) in [7, 11) is 0. The molecule has 0 heterocycles. The van der Waals surface area contributed by atoms with Crippen molar-refractivity contribution < 1.29 is 9.53 Å². The van der Waals surface area contributed by atoms with Gasteiger partial charge in [-0.25, -0.2) is 4.79 Å². The van der Waals surface area contributed by atoms with Crippen LogP contribution in [-0.2, 0) is 4.74 Å². The molecular weight excluding hydrogens is 334 g/mol. The van der Waals surface area contributed by atoms with Crippen molar-refractivity contribution in [2.24, 2.45) is 0 Å². The van der Waals surface area contributed by atoms with Crippen molar-refractivity contribution in [3.63, 3.8) is 0 Å². The highest BCUT2D eigenvalue weighted by Crippen LogP contribution is 2.10. The van der Waals surface area contributed by atoms with E-state index in [9.17, 15) is 4.79 Å². The van der Waals surface area contributed by atoms with Crippen LogP contribution in [0.5, 0.6) is 0 Å². The lowest BCUT2D eigenvalue weighted by atomic mass is 10.2. The first kappa shape index (κ1) is 29.5. The third kappa shape index (κ3) is 15.7. The Labute approximate surface area is 168 Å². The lowest BCUT2D eigenvalue weighted by Crippen LogP contribution is -2.38. The number of allylic oxidation sites excluding steroid dienone is 6. The van der Waals surface area contributed by atoms with Crippen LogP contribution in [0.25, 0.3) is 0 Å². The van der Waals surface area contributed by atoms with Crippen molar-refractivity contribution in [2.75, 3.05) is 13.2 Å². The fourth-order valence-electron chi connectivity index (χ4n) is 1.73. The predicted octanol–water partition coefficient (Wildman–Crippen LogP) is 7.26. The minimum Gasteiger partial charge on any atom is -0.445 e. The van der Waals surface area contributed by atoms with Gasteiger partial charge in [-0.1, -0.05) is 89.5 Å². The van der Waals surface area contributed by atoms with Gasteiger partial charge in [0, 0.05) is 12.6 Å². The molecule has 1 amide bonds. The third-order valence-corrected chi connectivity index (χ3v) is 3.21. The molecule has 0 radical (unpaired) electrons. The molecule has 0 aromatic heterocycles. The third-order valence-electron chi connectivity index (χ3n) is 3.21. The van der Waals surface area contributed by atoms with Crippen molar-refractivity contribution >= 4 is 6.09 Å². The summed E-state index contributed by atoms with van der Waals surface area (Å²) < 4.78 is 5.43. The maximum absolute atomic E-state index is 12.4. The van der Waals surface area contributed by atoms with Crippen LogP contribution in [0.4, 0.5) is 4.79 Å². The van der Waals surface area contributed by atoms with Gasteiger partial charge in [-0.15, -0.1) is 0 Å². The molecule has 0 aromatic rings. The van der Waals surface area contributed by atoms with Crippen LogP contribution in [-0.4, -0.2) is 30.2 Å². The number of amides is 1. The molecule has 0 rings (SSSR count). The summed E-state index contributed by atoms with van der Waals surface area (Å²) in [6.45, 7) is 23.8. The van der Waals surface area contributed by atoms with E-state index in [1.165, 1.54) is 0 Å². The van der Waals surface area contributed by atoms with E-state index in [-0.39, 0.29) is 18.7 Å². The standard InChI is InChI=1S/C20H29NO2.2C2H6/c1-7-11-13-18(9-3)15-21(17(5)6)20(22)23-16-19(10-4)14-12-8-2;2*1-2/h7-14,17H,1-2,15-16H2,3-6H3;2*1-2H3/b13-11-,14-12-,18-9+,19-10+;;. The Kier molecular flexibility index (Phi) is 23.7. The Morgan fingerprint density at radius 1 is 0.926 bits per heavy atom. The van der Waals surface area contributed by atoms with Crippen LogP contribution in [0.1, 0.15) is 55.4 Å². The zero-order chi connectivity index (χ0) is 21.7. The highest BCUT2D eigenvalue weighted by atomic mass is 16.6. The second kappa shape index (κ2) is 21.8. The van der Waals surface area contributed by atoms with Crippen LogP contribution < -0.4 is 0 Å². The summed E-state index contributed by atoms with van der Waals surface area (Å²) in [5.74, 6) is 0. The first-order chi connectivity index (χ1) is 13.0. The van der Waals surface area contributed by atoms with Crippen LogP contribution in [0.3, 0.4) is 0 Å². The van der Waals surface area contributed by atoms with Gasteiger partial charge in [0.25, 0.3) is 0 Å². The molecule has 0 spiro atoms. The lowest BCUT2D eigenvalue weighted by Gasteiger charge is -2.26. The highest BCUT2D eigenvalue weighted by Gasteiger charge is 2.19.